The van der Waals surface area contributed by atoms with E-state index in [2.05, 4.69) is 22.1 Å². The van der Waals surface area contributed by atoms with Crippen molar-refractivity contribution in [3.05, 3.63) is 21.9 Å². The van der Waals surface area contributed by atoms with E-state index in [0.717, 1.165) is 56.9 Å². The highest BCUT2D eigenvalue weighted by atomic mass is 32.1. The zero-order valence-electron chi connectivity index (χ0n) is 15.6. The Balaban J connectivity index is 1.63. The molecule has 2 aliphatic rings. The third-order valence-electron chi connectivity index (χ3n) is 5.68. The zero-order chi connectivity index (χ0) is 17.9. The maximum atomic E-state index is 12.2. The topological polar surface area (TPSA) is 40.6 Å². The normalized spacial score (nSPS) is 24.9. The van der Waals surface area contributed by atoms with Gasteiger partial charge >= 0.3 is 0 Å². The molecule has 1 atom stereocenters. The molecule has 1 aromatic heterocycles. The number of ketones is 1. The number of carbonyl (C=O) groups excluding carboxylic acids is 2. The Morgan fingerprint density at radius 1 is 1.32 bits per heavy atom. The minimum atomic E-state index is 0.156. The van der Waals surface area contributed by atoms with Crippen molar-refractivity contribution in [2.45, 2.75) is 58.9 Å². The van der Waals surface area contributed by atoms with E-state index in [-0.39, 0.29) is 11.2 Å². The summed E-state index contributed by atoms with van der Waals surface area (Å²) in [6.45, 7) is 8.80. The summed E-state index contributed by atoms with van der Waals surface area (Å²) in [5, 5.41) is 2.12. The van der Waals surface area contributed by atoms with Crippen molar-refractivity contribution in [3.63, 3.8) is 0 Å². The third kappa shape index (κ3) is 4.50. The molecule has 1 spiro atoms. The van der Waals surface area contributed by atoms with Crippen LogP contribution in [0, 0.1) is 5.41 Å². The molecule has 1 aromatic rings. The molecule has 1 amide bonds. The van der Waals surface area contributed by atoms with Crippen LogP contribution in [0.25, 0.3) is 0 Å². The van der Waals surface area contributed by atoms with Crippen molar-refractivity contribution in [3.8, 4) is 0 Å². The Bertz CT molecular complexity index is 627. The van der Waals surface area contributed by atoms with Gasteiger partial charge < -0.3 is 4.90 Å². The molecule has 0 radical (unpaired) electrons. The van der Waals surface area contributed by atoms with Crippen LogP contribution < -0.4 is 0 Å². The van der Waals surface area contributed by atoms with E-state index in [4.69, 9.17) is 0 Å². The number of rotatable bonds is 6. The Hall–Kier alpha value is -1.20. The number of hydrogen-bond acceptors (Lipinski definition) is 4. The number of amides is 1. The van der Waals surface area contributed by atoms with Crippen LogP contribution in [0.15, 0.2) is 11.4 Å². The van der Waals surface area contributed by atoms with Crippen molar-refractivity contribution in [1.29, 1.82) is 0 Å². The molecule has 0 unspecified atom stereocenters. The number of carbonyl (C=O) groups is 2. The Kier molecular flexibility index (Phi) is 5.95. The molecule has 0 aliphatic carbocycles. The first-order valence-electron chi connectivity index (χ1n) is 9.60. The fourth-order valence-corrected chi connectivity index (χ4v) is 5.14. The van der Waals surface area contributed by atoms with Gasteiger partial charge in [0, 0.05) is 38.0 Å². The van der Waals surface area contributed by atoms with Crippen LogP contribution in [0.4, 0.5) is 0 Å². The molecule has 3 rings (SSSR count). The molecule has 2 saturated heterocycles. The van der Waals surface area contributed by atoms with Gasteiger partial charge in [-0.3, -0.25) is 14.5 Å². The zero-order valence-corrected chi connectivity index (χ0v) is 16.4. The maximum absolute atomic E-state index is 12.2. The van der Waals surface area contributed by atoms with Crippen LogP contribution in [-0.2, 0) is 11.3 Å². The second kappa shape index (κ2) is 8.00. The van der Waals surface area contributed by atoms with E-state index < -0.39 is 0 Å². The van der Waals surface area contributed by atoms with Crippen molar-refractivity contribution < 1.29 is 9.59 Å². The first-order chi connectivity index (χ1) is 12.0. The first-order valence-corrected chi connectivity index (χ1v) is 10.5. The lowest BCUT2D eigenvalue weighted by Crippen LogP contribution is -2.53. The molecule has 25 heavy (non-hydrogen) atoms. The number of Topliss-reactive ketones (excluding diaryl/α,β-unsaturated/α-hetero) is 1. The van der Waals surface area contributed by atoms with E-state index in [0.29, 0.717) is 12.3 Å². The molecule has 0 N–H and O–H groups in total. The van der Waals surface area contributed by atoms with Gasteiger partial charge in [-0.1, -0.05) is 13.3 Å². The van der Waals surface area contributed by atoms with Crippen molar-refractivity contribution in [2.75, 3.05) is 26.2 Å². The fourth-order valence-electron chi connectivity index (χ4n) is 4.33. The SMILES string of the molecule is CCCCN1C[C@@]2(CCCN(Cc3csc(C(C)=O)c3)C2)CCC1=O. The fraction of sp³-hybridized carbons (Fsp3) is 0.700. The number of unbranched alkanes of at least 4 members (excludes halogenated alkanes) is 1. The summed E-state index contributed by atoms with van der Waals surface area (Å²) < 4.78 is 0. The number of likely N-dealkylation sites (tertiary alicyclic amines) is 2. The highest BCUT2D eigenvalue weighted by molar-refractivity contribution is 7.12. The van der Waals surface area contributed by atoms with Crippen molar-refractivity contribution in [2.24, 2.45) is 5.41 Å². The van der Waals surface area contributed by atoms with Gasteiger partial charge in [-0.05, 0) is 56.2 Å². The van der Waals surface area contributed by atoms with Crippen molar-refractivity contribution in [1.82, 2.24) is 9.80 Å². The molecule has 4 nitrogen and oxygen atoms in total. The molecule has 0 bridgehead atoms. The number of thiophene rings is 1. The number of hydrogen-bond donors (Lipinski definition) is 0. The molecule has 5 heteroatoms. The molecule has 0 aromatic carbocycles. The second-order valence-corrected chi connectivity index (χ2v) is 8.77. The van der Waals surface area contributed by atoms with E-state index in [9.17, 15) is 9.59 Å². The minimum Gasteiger partial charge on any atom is -0.342 e. The van der Waals surface area contributed by atoms with Gasteiger partial charge in [-0.15, -0.1) is 11.3 Å². The van der Waals surface area contributed by atoms with Gasteiger partial charge in [0.2, 0.25) is 5.91 Å². The lowest BCUT2D eigenvalue weighted by atomic mass is 9.73. The van der Waals surface area contributed by atoms with E-state index >= 15 is 0 Å². The van der Waals surface area contributed by atoms with Gasteiger partial charge in [0.05, 0.1) is 4.88 Å². The number of piperidine rings is 2. The molecule has 3 heterocycles. The lowest BCUT2D eigenvalue weighted by molar-refractivity contribution is -0.139. The average molecular weight is 363 g/mol. The monoisotopic (exact) mass is 362 g/mol. The predicted molar refractivity (Wildman–Crippen MR) is 102 cm³/mol. The van der Waals surface area contributed by atoms with Crippen LogP contribution in [0.3, 0.4) is 0 Å². The Morgan fingerprint density at radius 2 is 2.16 bits per heavy atom. The molecule has 2 fully saturated rings. The summed E-state index contributed by atoms with van der Waals surface area (Å²) in [6, 6.07) is 2.05. The Labute approximate surface area is 155 Å². The van der Waals surface area contributed by atoms with E-state index in [1.54, 1.807) is 18.3 Å². The quantitative estimate of drug-likeness (QED) is 0.719. The van der Waals surface area contributed by atoms with Crippen LogP contribution in [-0.4, -0.2) is 47.7 Å². The highest BCUT2D eigenvalue weighted by Crippen LogP contribution is 2.39. The number of nitrogens with zero attached hydrogens (tertiary/aromatic N) is 2. The molecule has 0 saturated carbocycles. The van der Waals surface area contributed by atoms with E-state index in [1.807, 2.05) is 6.07 Å². The van der Waals surface area contributed by atoms with Gasteiger partial charge in [0.25, 0.3) is 0 Å². The predicted octanol–water partition coefficient (Wildman–Crippen LogP) is 3.96. The van der Waals surface area contributed by atoms with Crippen LogP contribution in [0.2, 0.25) is 0 Å². The van der Waals surface area contributed by atoms with Gasteiger partial charge in [0.1, 0.15) is 0 Å². The third-order valence-corrected chi connectivity index (χ3v) is 6.76. The summed E-state index contributed by atoms with van der Waals surface area (Å²) in [7, 11) is 0. The summed E-state index contributed by atoms with van der Waals surface area (Å²) in [4.78, 5) is 29.3. The molecule has 138 valence electrons. The van der Waals surface area contributed by atoms with Crippen molar-refractivity contribution >= 4 is 23.0 Å². The molecular formula is C20H30N2O2S. The van der Waals surface area contributed by atoms with Crippen LogP contribution in [0.1, 0.15) is 67.6 Å². The summed E-state index contributed by atoms with van der Waals surface area (Å²) in [5.41, 5.74) is 1.53. The molecular weight excluding hydrogens is 332 g/mol. The molecule has 2 aliphatic heterocycles. The van der Waals surface area contributed by atoms with Crippen LogP contribution >= 0.6 is 11.3 Å². The van der Waals surface area contributed by atoms with Gasteiger partial charge in [-0.25, -0.2) is 0 Å². The standard InChI is InChI=1S/C20H30N2O2S/c1-3-4-10-22-15-20(8-6-19(22)24)7-5-9-21(14-20)12-17-11-18(16(2)23)25-13-17/h11,13H,3-10,12,14-15H2,1-2H3/t20-/m0/s1. The summed E-state index contributed by atoms with van der Waals surface area (Å²) in [6.07, 6.45) is 6.44. The van der Waals surface area contributed by atoms with Gasteiger partial charge in [0.15, 0.2) is 5.78 Å². The first kappa shape index (κ1) is 18.6. The largest absolute Gasteiger partial charge is 0.342 e. The second-order valence-electron chi connectivity index (χ2n) is 7.86. The van der Waals surface area contributed by atoms with Crippen LogP contribution in [0.5, 0.6) is 0 Å². The van der Waals surface area contributed by atoms with E-state index in [1.165, 1.54) is 18.4 Å². The minimum absolute atomic E-state index is 0.156. The average Bonchev–Trinajstić information content (AvgIpc) is 3.05. The highest BCUT2D eigenvalue weighted by Gasteiger charge is 2.41. The summed E-state index contributed by atoms with van der Waals surface area (Å²) in [5.74, 6) is 0.504. The smallest absolute Gasteiger partial charge is 0.222 e. The maximum Gasteiger partial charge on any atom is 0.222 e. The Morgan fingerprint density at radius 3 is 2.88 bits per heavy atom. The van der Waals surface area contributed by atoms with Gasteiger partial charge in [-0.2, -0.15) is 0 Å². The lowest BCUT2D eigenvalue weighted by Gasteiger charge is -2.48. The summed E-state index contributed by atoms with van der Waals surface area (Å²) >= 11 is 1.55.